The summed E-state index contributed by atoms with van der Waals surface area (Å²) in [5.41, 5.74) is 6.97. The van der Waals surface area contributed by atoms with Crippen LogP contribution in [0.15, 0.2) is 35.4 Å². The number of aromatic nitrogens is 4. The van der Waals surface area contributed by atoms with E-state index in [1.165, 1.54) is 0 Å². The molecule has 9 nitrogen and oxygen atoms in total. The Hall–Kier alpha value is -2.03. The molecule has 0 spiro atoms. The quantitative estimate of drug-likeness (QED) is 0.462. The van der Waals surface area contributed by atoms with Gasteiger partial charge in [-0.1, -0.05) is 23.7 Å². The monoisotopic (exact) mass is 423 g/mol. The van der Waals surface area contributed by atoms with Gasteiger partial charge in [0.25, 0.3) is 5.56 Å². The van der Waals surface area contributed by atoms with Crippen LogP contribution in [0.5, 0.6) is 0 Å². The first-order chi connectivity index (χ1) is 13.6. The molecule has 0 aliphatic carbocycles. The van der Waals surface area contributed by atoms with Gasteiger partial charge in [-0.15, -0.1) is 0 Å². The number of nitrogens with zero attached hydrogens (tertiary/aromatic N) is 3. The van der Waals surface area contributed by atoms with Crippen LogP contribution in [0.4, 0.5) is 5.95 Å². The molecule has 0 bridgehead atoms. The molecule has 1 aromatic carbocycles. The van der Waals surface area contributed by atoms with Crippen molar-refractivity contribution in [2.45, 2.75) is 19.1 Å². The van der Waals surface area contributed by atoms with Crippen LogP contribution in [0.1, 0.15) is 18.1 Å². The van der Waals surface area contributed by atoms with Crippen LogP contribution in [0.2, 0.25) is 5.02 Å². The van der Waals surface area contributed by atoms with Crippen molar-refractivity contribution in [3.63, 3.8) is 0 Å². The van der Waals surface area contributed by atoms with E-state index >= 15 is 0 Å². The molecule has 3 aromatic rings. The summed E-state index contributed by atoms with van der Waals surface area (Å²) in [6.45, 7) is 1.49. The van der Waals surface area contributed by atoms with Crippen molar-refractivity contribution in [1.82, 2.24) is 19.5 Å². The van der Waals surface area contributed by atoms with Crippen LogP contribution < -0.4 is 11.3 Å². The number of H-pyrrole nitrogens is 1. The lowest BCUT2D eigenvalue weighted by Gasteiger charge is -2.29. The second-order valence-electron chi connectivity index (χ2n) is 6.20. The normalized spacial score (nSPS) is 19.9. The van der Waals surface area contributed by atoms with Crippen molar-refractivity contribution < 1.29 is 13.8 Å². The Bertz CT molecular complexity index is 1030. The maximum Gasteiger partial charge on any atom is 0.280 e. The van der Waals surface area contributed by atoms with Crippen LogP contribution in [0.3, 0.4) is 0 Å². The SMILES string of the molecule is Nc1nc2c(ncn2CCOCP2OCCC(c3cccc(Cl)c3)O2)c(=O)[nH]1. The van der Waals surface area contributed by atoms with Gasteiger partial charge < -0.3 is 24.1 Å². The highest BCUT2D eigenvalue weighted by Gasteiger charge is 2.25. The average Bonchev–Trinajstić information content (AvgIpc) is 3.09. The molecular weight excluding hydrogens is 405 g/mol. The van der Waals surface area contributed by atoms with Gasteiger partial charge in [-0.2, -0.15) is 4.98 Å². The smallest absolute Gasteiger partial charge is 0.280 e. The fraction of sp³-hybridized carbons (Fsp3) is 0.353. The van der Waals surface area contributed by atoms with Gasteiger partial charge in [0.1, 0.15) is 6.35 Å². The third kappa shape index (κ3) is 4.34. The summed E-state index contributed by atoms with van der Waals surface area (Å²) in [6.07, 6.45) is 2.64. The molecule has 2 atom stereocenters. The number of nitrogen functional groups attached to an aromatic ring is 1. The minimum Gasteiger partial charge on any atom is -0.370 e. The number of fused-ring (bicyclic) bond motifs is 1. The Kier molecular flexibility index (Phi) is 5.89. The van der Waals surface area contributed by atoms with Crippen molar-refractivity contribution >= 4 is 37.1 Å². The lowest BCUT2D eigenvalue weighted by atomic mass is 10.1. The summed E-state index contributed by atoms with van der Waals surface area (Å²) >= 11 is 6.06. The molecule has 148 valence electrons. The predicted molar refractivity (Wildman–Crippen MR) is 106 cm³/mol. The summed E-state index contributed by atoms with van der Waals surface area (Å²) < 4.78 is 19.2. The van der Waals surface area contributed by atoms with Crippen molar-refractivity contribution in [2.24, 2.45) is 0 Å². The van der Waals surface area contributed by atoms with Crippen molar-refractivity contribution in [3.05, 3.63) is 51.5 Å². The van der Waals surface area contributed by atoms with E-state index in [0.717, 1.165) is 12.0 Å². The first kappa shape index (κ1) is 19.3. The average molecular weight is 424 g/mol. The van der Waals surface area contributed by atoms with Crippen LogP contribution >= 0.6 is 20.0 Å². The summed E-state index contributed by atoms with van der Waals surface area (Å²) in [5.74, 6) is 0.0553. The van der Waals surface area contributed by atoms with E-state index in [1.807, 2.05) is 24.3 Å². The molecule has 0 amide bonds. The summed E-state index contributed by atoms with van der Waals surface area (Å²) in [4.78, 5) is 22.4. The Morgan fingerprint density at radius 3 is 3.21 bits per heavy atom. The minimum absolute atomic E-state index is 0.0429. The largest absolute Gasteiger partial charge is 0.370 e. The molecule has 11 heteroatoms. The van der Waals surface area contributed by atoms with E-state index in [0.29, 0.717) is 36.8 Å². The van der Waals surface area contributed by atoms with Crippen molar-refractivity contribution in [3.8, 4) is 0 Å². The van der Waals surface area contributed by atoms with Crippen molar-refractivity contribution in [1.29, 1.82) is 0 Å². The molecule has 1 saturated heterocycles. The van der Waals surface area contributed by atoms with Gasteiger partial charge in [-0.25, -0.2) is 4.98 Å². The van der Waals surface area contributed by atoms with Gasteiger partial charge in [0.2, 0.25) is 5.95 Å². The first-order valence-electron chi connectivity index (χ1n) is 8.71. The summed E-state index contributed by atoms with van der Waals surface area (Å²) in [7, 11) is -1.14. The van der Waals surface area contributed by atoms with Crippen LogP contribution in [0.25, 0.3) is 11.2 Å². The topological polar surface area (TPSA) is 117 Å². The second kappa shape index (κ2) is 8.55. The molecule has 4 rings (SSSR count). The van der Waals surface area contributed by atoms with E-state index < -0.39 is 8.38 Å². The van der Waals surface area contributed by atoms with E-state index in [9.17, 15) is 4.79 Å². The zero-order valence-electron chi connectivity index (χ0n) is 14.9. The van der Waals surface area contributed by atoms with Gasteiger partial charge in [-0.05, 0) is 17.7 Å². The third-order valence-electron chi connectivity index (χ3n) is 4.25. The molecule has 0 saturated carbocycles. The Balaban J connectivity index is 1.30. The number of nitrogens with two attached hydrogens (primary N) is 1. The second-order valence-corrected chi connectivity index (χ2v) is 8.03. The molecule has 3 N–H and O–H groups in total. The highest BCUT2D eigenvalue weighted by Crippen LogP contribution is 2.48. The van der Waals surface area contributed by atoms with Gasteiger partial charge in [0, 0.05) is 18.0 Å². The molecule has 3 heterocycles. The Morgan fingerprint density at radius 1 is 1.46 bits per heavy atom. The highest BCUT2D eigenvalue weighted by molar-refractivity contribution is 7.47. The maximum atomic E-state index is 11.8. The molecular formula is C17H19ClN5O4P. The first-order valence-corrected chi connectivity index (χ1v) is 10.5. The van der Waals surface area contributed by atoms with Crippen LogP contribution in [-0.2, 0) is 20.3 Å². The number of rotatable bonds is 6. The van der Waals surface area contributed by atoms with Crippen LogP contribution in [0, 0.1) is 0 Å². The lowest BCUT2D eigenvalue weighted by Crippen LogP contribution is -2.15. The zero-order valence-corrected chi connectivity index (χ0v) is 16.5. The highest BCUT2D eigenvalue weighted by atomic mass is 35.5. The van der Waals surface area contributed by atoms with Gasteiger partial charge >= 0.3 is 0 Å². The van der Waals surface area contributed by atoms with Crippen LogP contribution in [-0.4, -0.2) is 39.1 Å². The number of hydrogen-bond acceptors (Lipinski definition) is 7. The third-order valence-corrected chi connectivity index (χ3v) is 5.84. The Morgan fingerprint density at radius 2 is 2.36 bits per heavy atom. The number of benzene rings is 1. The number of nitrogens with one attached hydrogen (secondary N) is 1. The number of halogens is 1. The molecule has 1 aliphatic rings. The van der Waals surface area contributed by atoms with E-state index in [4.69, 9.17) is 31.1 Å². The van der Waals surface area contributed by atoms with Gasteiger partial charge in [0.15, 0.2) is 19.5 Å². The number of aromatic amines is 1. The molecule has 2 aromatic heterocycles. The van der Waals surface area contributed by atoms with E-state index in [-0.39, 0.29) is 23.1 Å². The molecule has 2 unspecified atom stereocenters. The molecule has 1 aliphatic heterocycles. The van der Waals surface area contributed by atoms with E-state index in [2.05, 4.69) is 15.0 Å². The molecule has 28 heavy (non-hydrogen) atoms. The number of anilines is 1. The minimum atomic E-state index is -1.14. The molecule has 1 fully saturated rings. The number of imidazole rings is 1. The molecule has 0 radical (unpaired) electrons. The fourth-order valence-electron chi connectivity index (χ4n) is 2.93. The van der Waals surface area contributed by atoms with Gasteiger partial charge in [0.05, 0.1) is 25.6 Å². The standard InChI is InChI=1S/C17H19ClN5O4P/c18-12-3-1-2-11(8-12)13-4-6-26-28(27-13)10-25-7-5-23-9-20-14-15(23)21-17(19)22-16(14)24/h1-3,8-9,13H,4-7,10H2,(H3,19,21,22,24). The number of hydrogen-bond donors (Lipinski definition) is 2. The number of ether oxygens (including phenoxy) is 1. The lowest BCUT2D eigenvalue weighted by molar-refractivity contribution is 0.0820. The summed E-state index contributed by atoms with van der Waals surface area (Å²) in [6, 6.07) is 7.67. The fourth-order valence-corrected chi connectivity index (χ4v) is 4.42. The van der Waals surface area contributed by atoms with E-state index in [1.54, 1.807) is 10.9 Å². The zero-order chi connectivity index (χ0) is 19.5. The maximum absolute atomic E-state index is 11.8. The predicted octanol–water partition coefficient (Wildman–Crippen LogP) is 2.82. The van der Waals surface area contributed by atoms with Gasteiger partial charge in [-0.3, -0.25) is 9.78 Å². The Labute approximate surface area is 166 Å². The summed E-state index contributed by atoms with van der Waals surface area (Å²) in [5, 5.41) is 0.689. The van der Waals surface area contributed by atoms with Crippen molar-refractivity contribution in [2.75, 3.05) is 25.3 Å².